The number of hydrogen-bond acceptors (Lipinski definition) is 3. The molecule has 2 aromatic carbocycles. The van der Waals surface area contributed by atoms with E-state index in [0.717, 1.165) is 28.1 Å². The Hall–Kier alpha value is -2.55. The van der Waals surface area contributed by atoms with Crippen molar-refractivity contribution in [2.75, 3.05) is 11.1 Å². The molecule has 0 saturated carbocycles. The molecule has 0 amide bonds. The zero-order valence-corrected chi connectivity index (χ0v) is 10.7. The number of fused-ring (bicyclic) bond motifs is 1. The van der Waals surface area contributed by atoms with E-state index in [-0.39, 0.29) is 0 Å². The van der Waals surface area contributed by atoms with Crippen molar-refractivity contribution >= 4 is 28.1 Å². The van der Waals surface area contributed by atoms with E-state index >= 15 is 0 Å². The lowest BCUT2D eigenvalue weighted by Crippen LogP contribution is -1.98. The Morgan fingerprint density at radius 3 is 2.58 bits per heavy atom. The molecule has 94 valence electrons. The third-order valence-corrected chi connectivity index (χ3v) is 3.16. The molecule has 1 aromatic heterocycles. The van der Waals surface area contributed by atoms with E-state index < -0.39 is 0 Å². The number of pyridine rings is 1. The van der Waals surface area contributed by atoms with Crippen molar-refractivity contribution < 1.29 is 0 Å². The average molecular weight is 249 g/mol. The molecule has 3 nitrogen and oxygen atoms in total. The van der Waals surface area contributed by atoms with E-state index in [9.17, 15) is 0 Å². The molecule has 0 radical (unpaired) electrons. The van der Waals surface area contributed by atoms with E-state index in [4.69, 9.17) is 5.73 Å². The van der Waals surface area contributed by atoms with Gasteiger partial charge in [0.15, 0.2) is 0 Å². The number of nitrogens with two attached hydrogens (primary N) is 1. The second-order valence-electron chi connectivity index (χ2n) is 4.55. The highest BCUT2D eigenvalue weighted by Gasteiger charge is 2.04. The highest BCUT2D eigenvalue weighted by atomic mass is 15.0. The van der Waals surface area contributed by atoms with Crippen molar-refractivity contribution in [1.82, 2.24) is 4.98 Å². The van der Waals surface area contributed by atoms with Crippen molar-refractivity contribution in [3.05, 3.63) is 60.2 Å². The monoisotopic (exact) mass is 249 g/mol. The summed E-state index contributed by atoms with van der Waals surface area (Å²) in [6, 6.07) is 17.9. The molecule has 0 fully saturated rings. The molecule has 3 heteroatoms. The van der Waals surface area contributed by atoms with E-state index in [1.165, 1.54) is 5.56 Å². The van der Waals surface area contributed by atoms with Crippen LogP contribution >= 0.6 is 0 Å². The predicted octanol–water partition coefficient (Wildman–Crippen LogP) is 3.87. The van der Waals surface area contributed by atoms with Crippen molar-refractivity contribution in [2.45, 2.75) is 6.92 Å². The summed E-state index contributed by atoms with van der Waals surface area (Å²) in [5.74, 6) is 0.769. The van der Waals surface area contributed by atoms with Gasteiger partial charge >= 0.3 is 0 Å². The topological polar surface area (TPSA) is 50.9 Å². The summed E-state index contributed by atoms with van der Waals surface area (Å²) >= 11 is 0. The molecular formula is C16H15N3. The molecule has 0 atom stereocenters. The molecule has 19 heavy (non-hydrogen) atoms. The van der Waals surface area contributed by atoms with Gasteiger partial charge in [-0.05, 0) is 24.6 Å². The molecule has 3 aromatic rings. The maximum Gasteiger partial charge on any atom is 0.133 e. The third-order valence-electron chi connectivity index (χ3n) is 3.16. The van der Waals surface area contributed by atoms with Gasteiger partial charge in [0.05, 0.1) is 5.52 Å². The van der Waals surface area contributed by atoms with Gasteiger partial charge in [-0.2, -0.15) is 0 Å². The number of anilines is 3. The number of aromatic nitrogens is 1. The molecule has 0 spiro atoms. The van der Waals surface area contributed by atoms with Crippen LogP contribution in [-0.2, 0) is 0 Å². The van der Waals surface area contributed by atoms with Crippen LogP contribution in [0.3, 0.4) is 0 Å². The molecule has 3 N–H and O–H groups in total. The minimum atomic E-state index is 0.738. The lowest BCUT2D eigenvalue weighted by Gasteiger charge is -2.10. The fourth-order valence-electron chi connectivity index (χ4n) is 2.12. The highest BCUT2D eigenvalue weighted by Crippen LogP contribution is 2.25. The highest BCUT2D eigenvalue weighted by molar-refractivity contribution is 5.92. The van der Waals surface area contributed by atoms with Crippen LogP contribution in [0.15, 0.2) is 54.6 Å². The molecular weight excluding hydrogens is 234 g/mol. The fraction of sp³-hybridized carbons (Fsp3) is 0.0625. The van der Waals surface area contributed by atoms with Crippen LogP contribution < -0.4 is 11.1 Å². The largest absolute Gasteiger partial charge is 0.398 e. The van der Waals surface area contributed by atoms with Crippen LogP contribution in [0, 0.1) is 6.92 Å². The second kappa shape index (κ2) is 4.61. The Balaban J connectivity index is 2.04. The quantitative estimate of drug-likeness (QED) is 0.725. The van der Waals surface area contributed by atoms with Gasteiger partial charge in [0.2, 0.25) is 0 Å². The summed E-state index contributed by atoms with van der Waals surface area (Å²) in [5.41, 5.74) is 9.93. The van der Waals surface area contributed by atoms with Crippen LogP contribution in [0.1, 0.15) is 5.56 Å². The molecule has 0 unspecified atom stereocenters. The number of nitrogens with zero attached hydrogens (tertiary/aromatic N) is 1. The molecule has 0 aliphatic carbocycles. The zero-order valence-electron chi connectivity index (χ0n) is 10.7. The van der Waals surface area contributed by atoms with Gasteiger partial charge in [0, 0.05) is 22.8 Å². The number of nitrogen functional groups attached to an aromatic ring is 1. The first-order chi connectivity index (χ1) is 9.24. The first-order valence-corrected chi connectivity index (χ1v) is 6.22. The predicted molar refractivity (Wildman–Crippen MR) is 80.6 cm³/mol. The van der Waals surface area contributed by atoms with E-state index in [1.807, 2.05) is 48.5 Å². The van der Waals surface area contributed by atoms with Gasteiger partial charge in [-0.15, -0.1) is 0 Å². The Morgan fingerprint density at radius 1 is 1.00 bits per heavy atom. The van der Waals surface area contributed by atoms with E-state index in [0.29, 0.717) is 0 Å². The van der Waals surface area contributed by atoms with Crippen LogP contribution in [0.4, 0.5) is 17.2 Å². The number of hydrogen-bond donors (Lipinski definition) is 2. The van der Waals surface area contributed by atoms with Crippen LogP contribution in [0.25, 0.3) is 10.9 Å². The van der Waals surface area contributed by atoms with Gasteiger partial charge in [-0.3, -0.25) is 0 Å². The molecule has 3 rings (SSSR count). The molecule has 0 aliphatic heterocycles. The number of para-hydroxylation sites is 2. The van der Waals surface area contributed by atoms with Gasteiger partial charge in [0.1, 0.15) is 5.82 Å². The minimum Gasteiger partial charge on any atom is -0.398 e. The third kappa shape index (κ3) is 2.22. The first kappa shape index (κ1) is 11.5. The second-order valence-corrected chi connectivity index (χ2v) is 4.55. The minimum absolute atomic E-state index is 0.738. The Bertz CT molecular complexity index is 735. The average Bonchev–Trinajstić information content (AvgIpc) is 2.42. The SMILES string of the molecule is Cc1ccccc1Nc1cc(N)c2ccccc2n1. The van der Waals surface area contributed by atoms with Gasteiger partial charge in [-0.1, -0.05) is 36.4 Å². The number of rotatable bonds is 2. The maximum atomic E-state index is 6.07. The smallest absolute Gasteiger partial charge is 0.133 e. The summed E-state index contributed by atoms with van der Waals surface area (Å²) in [4.78, 5) is 4.58. The lowest BCUT2D eigenvalue weighted by atomic mass is 10.1. The number of nitrogens with one attached hydrogen (secondary N) is 1. The summed E-state index contributed by atoms with van der Waals surface area (Å²) in [5, 5.41) is 4.30. The van der Waals surface area contributed by atoms with Gasteiger partial charge in [-0.25, -0.2) is 4.98 Å². The zero-order chi connectivity index (χ0) is 13.2. The Labute approximate surface area is 112 Å². The van der Waals surface area contributed by atoms with Crippen LogP contribution in [0.2, 0.25) is 0 Å². The van der Waals surface area contributed by atoms with Crippen LogP contribution in [-0.4, -0.2) is 4.98 Å². The van der Waals surface area contributed by atoms with Crippen molar-refractivity contribution in [1.29, 1.82) is 0 Å². The lowest BCUT2D eigenvalue weighted by molar-refractivity contribution is 1.35. The van der Waals surface area contributed by atoms with Crippen molar-refractivity contribution in [3.8, 4) is 0 Å². The molecule has 0 aliphatic rings. The van der Waals surface area contributed by atoms with Gasteiger partial charge < -0.3 is 11.1 Å². The summed E-state index contributed by atoms with van der Waals surface area (Å²) in [7, 11) is 0. The molecule has 0 saturated heterocycles. The van der Waals surface area contributed by atoms with E-state index in [1.54, 1.807) is 0 Å². The van der Waals surface area contributed by atoms with E-state index in [2.05, 4.69) is 23.3 Å². The summed E-state index contributed by atoms with van der Waals surface area (Å²) in [6.45, 7) is 2.06. The van der Waals surface area contributed by atoms with Crippen LogP contribution in [0.5, 0.6) is 0 Å². The first-order valence-electron chi connectivity index (χ1n) is 6.22. The molecule has 0 bridgehead atoms. The Morgan fingerprint density at radius 2 is 1.74 bits per heavy atom. The number of benzene rings is 2. The molecule has 1 heterocycles. The fourth-order valence-corrected chi connectivity index (χ4v) is 2.12. The normalized spacial score (nSPS) is 10.6. The summed E-state index contributed by atoms with van der Waals surface area (Å²) in [6.07, 6.45) is 0. The van der Waals surface area contributed by atoms with Gasteiger partial charge in [0.25, 0.3) is 0 Å². The van der Waals surface area contributed by atoms with Crippen molar-refractivity contribution in [2.24, 2.45) is 0 Å². The number of aryl methyl sites for hydroxylation is 1. The maximum absolute atomic E-state index is 6.07. The summed E-state index contributed by atoms with van der Waals surface area (Å²) < 4.78 is 0. The van der Waals surface area contributed by atoms with Crippen molar-refractivity contribution in [3.63, 3.8) is 0 Å². The Kier molecular flexibility index (Phi) is 2.80. The standard InChI is InChI=1S/C16H15N3/c1-11-6-2-4-8-14(11)18-16-10-13(17)12-7-3-5-9-15(12)19-16/h2-10H,1H3,(H3,17,18,19).